The average molecular weight is 410 g/mol. The molecule has 1 saturated heterocycles. The van der Waals surface area contributed by atoms with E-state index in [1.807, 2.05) is 18.5 Å². The lowest BCUT2D eigenvalue weighted by Crippen LogP contribution is -2.43. The van der Waals surface area contributed by atoms with Gasteiger partial charge in [0.1, 0.15) is 0 Å². The van der Waals surface area contributed by atoms with E-state index in [1.165, 1.54) is 0 Å². The summed E-state index contributed by atoms with van der Waals surface area (Å²) in [5, 5.41) is 22.3. The second-order valence-corrected chi connectivity index (χ2v) is 9.51. The van der Waals surface area contributed by atoms with Crippen LogP contribution in [-0.4, -0.2) is 51.8 Å². The van der Waals surface area contributed by atoms with Crippen LogP contribution in [0.2, 0.25) is 0 Å². The Balaban J connectivity index is 1.40. The molecule has 3 atom stereocenters. The molecule has 2 aliphatic rings. The molecule has 1 aliphatic carbocycles. The van der Waals surface area contributed by atoms with E-state index in [9.17, 15) is 15.2 Å². The van der Waals surface area contributed by atoms with Crippen LogP contribution >= 0.6 is 0 Å². The Labute approximate surface area is 177 Å². The monoisotopic (exact) mass is 409 g/mol. The number of aromatic nitrogens is 2. The number of hydrogen-bond acceptors (Lipinski definition) is 4. The minimum Gasteiger partial charge on any atom is -0.465 e. The van der Waals surface area contributed by atoms with Gasteiger partial charge >= 0.3 is 6.09 Å². The van der Waals surface area contributed by atoms with Crippen molar-refractivity contribution >= 4 is 17.1 Å². The molecule has 0 radical (unpaired) electrons. The highest BCUT2D eigenvalue weighted by atomic mass is 16.4. The average Bonchev–Trinajstić information content (AvgIpc) is 3.34. The first-order valence-corrected chi connectivity index (χ1v) is 11.0. The topological polar surface area (TPSA) is 94.2 Å². The lowest BCUT2D eigenvalue weighted by molar-refractivity contribution is 0.101. The zero-order valence-electron chi connectivity index (χ0n) is 17.7. The third-order valence-electron chi connectivity index (χ3n) is 6.88. The van der Waals surface area contributed by atoms with Crippen LogP contribution in [0.4, 0.5) is 4.79 Å². The van der Waals surface area contributed by atoms with E-state index in [0.717, 1.165) is 62.8 Å². The first-order chi connectivity index (χ1) is 14.5. The summed E-state index contributed by atoms with van der Waals surface area (Å²) in [5.41, 5.74) is 2.61. The summed E-state index contributed by atoms with van der Waals surface area (Å²) < 4.78 is 2.16. The van der Waals surface area contributed by atoms with E-state index in [-0.39, 0.29) is 5.41 Å². The summed E-state index contributed by atoms with van der Waals surface area (Å²) in [5.74, 6) is 0.911. The maximum absolute atomic E-state index is 11.9. The standard InChI is InChI=1S/C23H31N5O2/c1-23(7-8-25-14-23)15-27(22(29)30)12-18-3-2-4-19(9-18)13-28-16-26-20-6-5-17(11-24)10-21(20)28/h5-6,10,16,18-19,25H,2-4,7-9,12-15H2,1H3,(H,29,30). The maximum Gasteiger partial charge on any atom is 0.407 e. The number of benzene rings is 1. The highest BCUT2D eigenvalue weighted by Crippen LogP contribution is 2.33. The van der Waals surface area contributed by atoms with Crippen molar-refractivity contribution in [2.75, 3.05) is 26.2 Å². The third-order valence-corrected chi connectivity index (χ3v) is 6.88. The minimum atomic E-state index is -0.796. The van der Waals surface area contributed by atoms with Crippen LogP contribution in [0.1, 0.15) is 44.6 Å². The Morgan fingerprint density at radius 2 is 2.27 bits per heavy atom. The number of nitrogens with one attached hydrogen (secondary N) is 1. The zero-order valence-corrected chi connectivity index (χ0v) is 17.7. The lowest BCUT2D eigenvalue weighted by atomic mass is 9.80. The van der Waals surface area contributed by atoms with Gasteiger partial charge in [-0.1, -0.05) is 13.3 Å². The maximum atomic E-state index is 11.9. The van der Waals surface area contributed by atoms with E-state index in [0.29, 0.717) is 30.5 Å². The molecule has 1 saturated carbocycles. The number of amides is 1. The van der Waals surface area contributed by atoms with Crippen molar-refractivity contribution in [1.29, 1.82) is 5.26 Å². The molecule has 2 heterocycles. The van der Waals surface area contributed by atoms with Gasteiger partial charge in [0, 0.05) is 26.2 Å². The van der Waals surface area contributed by atoms with Crippen molar-refractivity contribution in [2.45, 2.75) is 45.6 Å². The third kappa shape index (κ3) is 4.59. The number of imidazole rings is 1. The van der Waals surface area contributed by atoms with Gasteiger partial charge in [-0.15, -0.1) is 0 Å². The highest BCUT2D eigenvalue weighted by molar-refractivity contribution is 5.76. The molecule has 4 rings (SSSR count). The molecule has 160 valence electrons. The van der Waals surface area contributed by atoms with Crippen molar-refractivity contribution in [3.63, 3.8) is 0 Å². The Hall–Kier alpha value is -2.59. The van der Waals surface area contributed by atoms with E-state index in [4.69, 9.17) is 0 Å². The van der Waals surface area contributed by atoms with Crippen LogP contribution in [0.3, 0.4) is 0 Å². The smallest absolute Gasteiger partial charge is 0.407 e. The van der Waals surface area contributed by atoms with Crippen LogP contribution in [0.25, 0.3) is 11.0 Å². The normalized spacial score (nSPS) is 26.5. The van der Waals surface area contributed by atoms with Gasteiger partial charge < -0.3 is 19.9 Å². The summed E-state index contributed by atoms with van der Waals surface area (Å²) in [6.45, 7) is 6.16. The number of fused-ring (bicyclic) bond motifs is 1. The lowest BCUT2D eigenvalue weighted by Gasteiger charge is -2.35. The number of nitrogens with zero attached hydrogens (tertiary/aromatic N) is 4. The predicted octanol–water partition coefficient (Wildman–Crippen LogP) is 3.69. The first kappa shape index (κ1) is 20.7. The van der Waals surface area contributed by atoms with Crippen LogP contribution in [0, 0.1) is 28.6 Å². The van der Waals surface area contributed by atoms with Gasteiger partial charge in [0.05, 0.1) is 29.0 Å². The number of carbonyl (C=O) groups is 1. The Kier molecular flexibility index (Phi) is 5.96. The minimum absolute atomic E-state index is 0.0423. The van der Waals surface area contributed by atoms with Crippen LogP contribution < -0.4 is 5.32 Å². The molecule has 7 nitrogen and oxygen atoms in total. The summed E-state index contributed by atoms with van der Waals surface area (Å²) >= 11 is 0. The number of hydrogen-bond donors (Lipinski definition) is 2. The molecule has 1 aliphatic heterocycles. The van der Waals surface area contributed by atoms with E-state index in [2.05, 4.69) is 27.9 Å². The van der Waals surface area contributed by atoms with E-state index in [1.54, 1.807) is 11.0 Å². The van der Waals surface area contributed by atoms with Crippen molar-refractivity contribution in [1.82, 2.24) is 19.8 Å². The van der Waals surface area contributed by atoms with Gasteiger partial charge in [0.15, 0.2) is 0 Å². The van der Waals surface area contributed by atoms with Gasteiger partial charge in [-0.3, -0.25) is 0 Å². The summed E-state index contributed by atoms with van der Waals surface area (Å²) in [6.07, 6.45) is 6.53. The summed E-state index contributed by atoms with van der Waals surface area (Å²) in [6, 6.07) is 7.82. The number of rotatable bonds is 6. The van der Waals surface area contributed by atoms with E-state index >= 15 is 0 Å². The fourth-order valence-corrected chi connectivity index (χ4v) is 5.27. The van der Waals surface area contributed by atoms with Gasteiger partial charge in [-0.2, -0.15) is 5.26 Å². The van der Waals surface area contributed by atoms with Gasteiger partial charge in [0.25, 0.3) is 0 Å². The van der Waals surface area contributed by atoms with Crippen LogP contribution in [0.15, 0.2) is 24.5 Å². The molecule has 1 aromatic carbocycles. The van der Waals surface area contributed by atoms with Crippen molar-refractivity contribution in [2.24, 2.45) is 17.3 Å². The molecule has 3 unspecified atom stereocenters. The molecular formula is C23H31N5O2. The van der Waals surface area contributed by atoms with Crippen LogP contribution in [-0.2, 0) is 6.54 Å². The molecule has 30 heavy (non-hydrogen) atoms. The summed E-state index contributed by atoms with van der Waals surface area (Å²) in [4.78, 5) is 18.1. The van der Waals surface area contributed by atoms with Crippen molar-refractivity contribution in [3.05, 3.63) is 30.1 Å². The molecule has 0 spiro atoms. The SMILES string of the molecule is CC1(CN(CC2CCCC(Cn3cnc4ccc(C#N)cc43)C2)C(=O)O)CCNC1. The highest BCUT2D eigenvalue weighted by Gasteiger charge is 2.34. The van der Waals surface area contributed by atoms with Crippen LogP contribution in [0.5, 0.6) is 0 Å². The van der Waals surface area contributed by atoms with Gasteiger partial charge in [-0.05, 0) is 67.7 Å². The Morgan fingerprint density at radius 1 is 1.43 bits per heavy atom. The second-order valence-electron chi connectivity index (χ2n) is 9.51. The molecule has 2 N–H and O–H groups in total. The zero-order chi connectivity index (χ0) is 21.1. The fraction of sp³-hybridized carbons (Fsp3) is 0.609. The van der Waals surface area contributed by atoms with Crippen molar-refractivity contribution in [3.8, 4) is 6.07 Å². The van der Waals surface area contributed by atoms with Crippen molar-refractivity contribution < 1.29 is 9.90 Å². The van der Waals surface area contributed by atoms with E-state index < -0.39 is 6.09 Å². The quantitative estimate of drug-likeness (QED) is 0.759. The first-order valence-electron chi connectivity index (χ1n) is 11.0. The predicted molar refractivity (Wildman–Crippen MR) is 115 cm³/mol. The molecule has 1 amide bonds. The molecule has 1 aromatic heterocycles. The molecule has 2 fully saturated rings. The molecule has 7 heteroatoms. The molecule has 2 aromatic rings. The molecule has 0 bridgehead atoms. The number of nitriles is 1. The Morgan fingerprint density at radius 3 is 3.00 bits per heavy atom. The van der Waals surface area contributed by atoms with Gasteiger partial charge in [0.2, 0.25) is 0 Å². The van der Waals surface area contributed by atoms with Gasteiger partial charge in [-0.25, -0.2) is 9.78 Å². The summed E-state index contributed by atoms with van der Waals surface area (Å²) in [7, 11) is 0. The largest absolute Gasteiger partial charge is 0.465 e. The number of carboxylic acid groups (broad SMARTS) is 1. The molecular weight excluding hydrogens is 378 g/mol. The second kappa shape index (κ2) is 8.65. The fourth-order valence-electron chi connectivity index (χ4n) is 5.27. The Bertz CT molecular complexity index is 941.